The predicted octanol–water partition coefficient (Wildman–Crippen LogP) is 3.92. The number of thiazole rings is 1. The van der Waals surface area contributed by atoms with Gasteiger partial charge in [-0.3, -0.25) is 9.20 Å². The highest BCUT2D eigenvalue weighted by atomic mass is 32.1. The molecule has 142 valence electrons. The Hall–Kier alpha value is -2.19. The molecule has 2 heterocycles. The van der Waals surface area contributed by atoms with Crippen molar-refractivity contribution in [2.24, 2.45) is 5.73 Å². The van der Waals surface area contributed by atoms with Gasteiger partial charge in [-0.2, -0.15) is 0 Å². The van der Waals surface area contributed by atoms with E-state index in [0.717, 1.165) is 45.1 Å². The summed E-state index contributed by atoms with van der Waals surface area (Å²) in [6.07, 6.45) is 5.89. The van der Waals surface area contributed by atoms with Crippen LogP contribution in [0.5, 0.6) is 0 Å². The number of aromatic nitrogens is 2. The van der Waals surface area contributed by atoms with Crippen molar-refractivity contribution in [1.29, 1.82) is 0 Å². The summed E-state index contributed by atoms with van der Waals surface area (Å²) in [6.45, 7) is 1.99. The lowest BCUT2D eigenvalue weighted by molar-refractivity contribution is 0.0700. The highest BCUT2D eigenvalue weighted by Gasteiger charge is 2.27. The molecule has 6 nitrogen and oxygen atoms in total. The number of fused-ring (bicyclic) bond motifs is 3. The average Bonchev–Trinajstić information content (AvgIpc) is 3.17. The number of amides is 1. The van der Waals surface area contributed by atoms with Crippen molar-refractivity contribution < 1.29 is 4.79 Å². The molecule has 1 aromatic carbocycles. The molecule has 1 aliphatic carbocycles. The number of aryl methyl sites for hydroxylation is 1. The maximum atomic E-state index is 13.1. The van der Waals surface area contributed by atoms with Crippen molar-refractivity contribution in [3.63, 3.8) is 0 Å². The van der Waals surface area contributed by atoms with Crippen LogP contribution in [0.4, 0.5) is 5.69 Å². The van der Waals surface area contributed by atoms with E-state index in [1.54, 1.807) is 0 Å². The Bertz CT molecular complexity index is 1030. The third-order valence-corrected chi connectivity index (χ3v) is 6.62. The van der Waals surface area contributed by atoms with Crippen molar-refractivity contribution >= 4 is 56.3 Å². The zero-order valence-corrected chi connectivity index (χ0v) is 17.1. The van der Waals surface area contributed by atoms with Gasteiger partial charge in [0.15, 0.2) is 10.1 Å². The van der Waals surface area contributed by atoms with E-state index in [0.29, 0.717) is 6.04 Å². The largest absolute Gasteiger partial charge is 0.376 e. The van der Waals surface area contributed by atoms with Gasteiger partial charge in [-0.25, -0.2) is 4.98 Å². The van der Waals surface area contributed by atoms with E-state index in [2.05, 4.69) is 5.32 Å². The van der Waals surface area contributed by atoms with Gasteiger partial charge in [0.2, 0.25) is 0 Å². The van der Waals surface area contributed by atoms with Crippen molar-refractivity contribution in [2.45, 2.75) is 45.1 Å². The van der Waals surface area contributed by atoms with Crippen molar-refractivity contribution in [3.05, 3.63) is 28.8 Å². The zero-order valence-electron chi connectivity index (χ0n) is 15.5. The second-order valence-electron chi connectivity index (χ2n) is 7.15. The lowest BCUT2D eigenvalue weighted by Crippen LogP contribution is -2.38. The maximum Gasteiger partial charge on any atom is 0.265 e. The van der Waals surface area contributed by atoms with Crippen LogP contribution in [0.2, 0.25) is 0 Å². The van der Waals surface area contributed by atoms with Crippen molar-refractivity contribution in [3.8, 4) is 0 Å². The summed E-state index contributed by atoms with van der Waals surface area (Å²) in [6, 6.07) is 6.15. The molecule has 4 rings (SSSR count). The SMILES string of the molecule is Cc1c(C(=O)N(C)C2CCCCC2)sc2nc3ccc(NC(N)=S)cc3n12. The molecule has 0 aliphatic heterocycles. The van der Waals surface area contributed by atoms with Gasteiger partial charge in [0, 0.05) is 24.5 Å². The molecule has 27 heavy (non-hydrogen) atoms. The van der Waals surface area contributed by atoms with Crippen LogP contribution in [0.15, 0.2) is 18.2 Å². The summed E-state index contributed by atoms with van der Waals surface area (Å²) in [4.78, 5) is 21.3. The highest BCUT2D eigenvalue weighted by molar-refractivity contribution is 7.80. The summed E-state index contributed by atoms with van der Waals surface area (Å²) < 4.78 is 2.05. The Labute approximate surface area is 167 Å². The molecule has 1 amide bonds. The number of benzene rings is 1. The second kappa shape index (κ2) is 7.09. The Balaban J connectivity index is 1.72. The molecular weight excluding hydrogens is 378 g/mol. The molecular formula is C19H23N5OS2. The van der Waals surface area contributed by atoms with Gasteiger partial charge in [0.05, 0.1) is 11.0 Å². The van der Waals surface area contributed by atoms with Crippen LogP contribution >= 0.6 is 23.6 Å². The van der Waals surface area contributed by atoms with Crippen molar-refractivity contribution in [1.82, 2.24) is 14.3 Å². The molecule has 0 atom stereocenters. The number of thiocarbonyl (C=S) groups is 1. The molecule has 0 radical (unpaired) electrons. The van der Waals surface area contributed by atoms with Crippen LogP contribution in [0.25, 0.3) is 16.0 Å². The summed E-state index contributed by atoms with van der Waals surface area (Å²) in [7, 11) is 1.93. The first-order valence-corrected chi connectivity index (χ1v) is 10.4. The number of anilines is 1. The van der Waals surface area contributed by atoms with Gasteiger partial charge >= 0.3 is 0 Å². The van der Waals surface area contributed by atoms with Crippen LogP contribution in [-0.2, 0) is 0 Å². The molecule has 0 spiro atoms. The van der Waals surface area contributed by atoms with E-state index in [-0.39, 0.29) is 11.0 Å². The first kappa shape index (κ1) is 18.2. The number of nitrogens with two attached hydrogens (primary N) is 1. The number of hydrogen-bond donors (Lipinski definition) is 2. The Morgan fingerprint density at radius 2 is 2.11 bits per heavy atom. The number of nitrogens with zero attached hydrogens (tertiary/aromatic N) is 3. The lowest BCUT2D eigenvalue weighted by atomic mass is 9.94. The molecule has 1 aliphatic rings. The van der Waals surface area contributed by atoms with Crippen LogP contribution in [0.1, 0.15) is 47.5 Å². The minimum atomic E-state index is 0.0977. The number of carbonyl (C=O) groups is 1. The molecule has 3 aromatic rings. The van der Waals surface area contributed by atoms with Crippen LogP contribution in [0, 0.1) is 6.92 Å². The Morgan fingerprint density at radius 3 is 2.81 bits per heavy atom. The molecule has 0 unspecified atom stereocenters. The average molecular weight is 402 g/mol. The first-order chi connectivity index (χ1) is 13.0. The third kappa shape index (κ3) is 3.27. The highest BCUT2D eigenvalue weighted by Crippen LogP contribution is 2.31. The molecule has 1 saturated carbocycles. The molecule has 0 saturated heterocycles. The van der Waals surface area contributed by atoms with Crippen LogP contribution in [0.3, 0.4) is 0 Å². The van der Waals surface area contributed by atoms with Gasteiger partial charge in [-0.1, -0.05) is 30.6 Å². The summed E-state index contributed by atoms with van der Waals surface area (Å²) in [5, 5.41) is 3.18. The summed E-state index contributed by atoms with van der Waals surface area (Å²) in [5.41, 5.74) is 9.16. The molecule has 3 N–H and O–H groups in total. The van der Waals surface area contributed by atoms with Gasteiger partial charge in [-0.05, 0) is 50.2 Å². The minimum absolute atomic E-state index is 0.0977. The first-order valence-electron chi connectivity index (χ1n) is 9.21. The monoisotopic (exact) mass is 401 g/mol. The lowest BCUT2D eigenvalue weighted by Gasteiger charge is -2.31. The predicted molar refractivity (Wildman–Crippen MR) is 115 cm³/mol. The number of imidazole rings is 1. The number of hydrogen-bond acceptors (Lipinski definition) is 4. The van der Waals surface area contributed by atoms with Gasteiger partial charge < -0.3 is 16.0 Å². The van der Waals surface area contributed by atoms with Gasteiger partial charge in [0.25, 0.3) is 5.91 Å². The molecule has 1 fully saturated rings. The van der Waals surface area contributed by atoms with E-state index < -0.39 is 0 Å². The standard InChI is InChI=1S/C19H23N5OS2/c1-11-16(17(25)23(2)13-6-4-3-5-7-13)27-19-22-14-9-8-12(21-18(20)26)10-15(14)24(11)19/h8-10,13H,3-7H2,1-2H3,(H3,20,21,26). The fraction of sp³-hybridized carbons (Fsp3) is 0.421. The minimum Gasteiger partial charge on any atom is -0.376 e. The Kier molecular flexibility index (Phi) is 4.77. The van der Waals surface area contributed by atoms with E-state index in [1.807, 2.05) is 41.5 Å². The Morgan fingerprint density at radius 1 is 1.37 bits per heavy atom. The maximum absolute atomic E-state index is 13.1. The smallest absolute Gasteiger partial charge is 0.265 e. The quantitative estimate of drug-likeness (QED) is 0.651. The zero-order chi connectivity index (χ0) is 19.1. The fourth-order valence-corrected chi connectivity index (χ4v) is 5.17. The van der Waals surface area contributed by atoms with Crippen LogP contribution in [-0.4, -0.2) is 38.4 Å². The van der Waals surface area contributed by atoms with E-state index in [4.69, 9.17) is 22.9 Å². The van der Waals surface area contributed by atoms with Crippen LogP contribution < -0.4 is 11.1 Å². The second-order valence-corrected chi connectivity index (χ2v) is 8.56. The van der Waals surface area contributed by atoms with E-state index in [9.17, 15) is 4.79 Å². The molecule has 8 heteroatoms. The normalized spacial score (nSPS) is 15.3. The van der Waals surface area contributed by atoms with Gasteiger partial charge in [-0.15, -0.1) is 0 Å². The summed E-state index contributed by atoms with van der Waals surface area (Å²) in [5.74, 6) is 0.0977. The topological polar surface area (TPSA) is 75.7 Å². The molecule has 0 bridgehead atoms. The molecule has 2 aromatic heterocycles. The summed E-state index contributed by atoms with van der Waals surface area (Å²) >= 11 is 6.39. The fourth-order valence-electron chi connectivity index (χ4n) is 3.93. The van der Waals surface area contributed by atoms with E-state index >= 15 is 0 Å². The van der Waals surface area contributed by atoms with Gasteiger partial charge in [0.1, 0.15) is 4.88 Å². The van der Waals surface area contributed by atoms with Crippen molar-refractivity contribution in [2.75, 3.05) is 12.4 Å². The number of carbonyl (C=O) groups excluding carboxylic acids is 1. The number of rotatable bonds is 3. The van der Waals surface area contributed by atoms with E-state index in [1.165, 1.54) is 30.6 Å². The number of nitrogens with one attached hydrogen (secondary N) is 1. The third-order valence-electron chi connectivity index (χ3n) is 5.39.